The summed E-state index contributed by atoms with van der Waals surface area (Å²) in [6, 6.07) is 7.98. The number of alkyl halides is 3. The van der Waals surface area contributed by atoms with E-state index in [0.29, 0.717) is 41.0 Å². The highest BCUT2D eigenvalue weighted by Gasteiger charge is 2.36. The van der Waals surface area contributed by atoms with Gasteiger partial charge in [0.05, 0.1) is 5.56 Å². The van der Waals surface area contributed by atoms with Gasteiger partial charge >= 0.3 is 6.18 Å². The van der Waals surface area contributed by atoms with Crippen molar-refractivity contribution in [1.82, 2.24) is 19.4 Å². The number of imidazole rings is 1. The van der Waals surface area contributed by atoms with Crippen LogP contribution < -0.4 is 32.5 Å². The number of carbonyl (C=O) groups is 1. The van der Waals surface area contributed by atoms with Crippen LogP contribution in [0.1, 0.15) is 40.5 Å². The Bertz CT molecular complexity index is 1900. The summed E-state index contributed by atoms with van der Waals surface area (Å²) in [5.41, 5.74) is 6.86. The zero-order valence-corrected chi connectivity index (χ0v) is 22.0. The molecule has 1 saturated carbocycles. The molecule has 0 atom stereocenters. The molecule has 0 bridgehead atoms. The van der Waals surface area contributed by atoms with E-state index in [4.69, 9.17) is 10.7 Å². The van der Waals surface area contributed by atoms with Gasteiger partial charge in [-0.3, -0.25) is 18.8 Å². The van der Waals surface area contributed by atoms with E-state index >= 15 is 0 Å². The van der Waals surface area contributed by atoms with Gasteiger partial charge in [0.2, 0.25) is 0 Å². The van der Waals surface area contributed by atoms with Crippen LogP contribution in [0.25, 0.3) is 16.8 Å². The summed E-state index contributed by atoms with van der Waals surface area (Å²) in [6.07, 6.45) is 1.10. The number of nitrogen functional groups attached to an aromatic ring is 1. The van der Waals surface area contributed by atoms with Gasteiger partial charge in [0.25, 0.3) is 16.8 Å². The molecule has 2 aromatic carbocycles. The lowest BCUT2D eigenvalue weighted by atomic mass is 9.79. The van der Waals surface area contributed by atoms with Crippen molar-refractivity contribution in [3.8, 4) is 11.3 Å². The molecular formula is C28H23F3N8O3. The smallest absolute Gasteiger partial charge is 0.383 e. The van der Waals surface area contributed by atoms with Crippen molar-refractivity contribution in [3.05, 3.63) is 92.4 Å². The summed E-state index contributed by atoms with van der Waals surface area (Å²) < 4.78 is 40.9. The second-order valence-electron chi connectivity index (χ2n) is 9.98. The predicted molar refractivity (Wildman–Crippen MR) is 150 cm³/mol. The van der Waals surface area contributed by atoms with E-state index in [1.54, 1.807) is 31.6 Å². The van der Waals surface area contributed by atoms with Gasteiger partial charge in [0.1, 0.15) is 40.0 Å². The van der Waals surface area contributed by atoms with Crippen molar-refractivity contribution in [2.75, 3.05) is 28.7 Å². The van der Waals surface area contributed by atoms with Crippen LogP contribution in [0.2, 0.25) is 0 Å². The summed E-state index contributed by atoms with van der Waals surface area (Å²) in [7, 11) is 1.59. The van der Waals surface area contributed by atoms with Gasteiger partial charge in [-0.1, -0.05) is 12.1 Å². The van der Waals surface area contributed by atoms with Gasteiger partial charge in [0.15, 0.2) is 0 Å². The van der Waals surface area contributed by atoms with E-state index in [9.17, 15) is 27.6 Å². The average molecular weight is 577 g/mol. The summed E-state index contributed by atoms with van der Waals surface area (Å²) in [6.45, 7) is 0. The fourth-order valence-corrected chi connectivity index (χ4v) is 5.14. The van der Waals surface area contributed by atoms with Crippen molar-refractivity contribution in [3.63, 3.8) is 0 Å². The third kappa shape index (κ3) is 4.60. The SMILES string of the molecule is CNc1c(N[C@H]2C[C@H](c3nc(-c4ccc(C(=O)Nc5cc(C(F)(F)F)ccn5)cc4)c4c(N)nccn43)C2)c(=O)c1=O. The summed E-state index contributed by atoms with van der Waals surface area (Å²) in [5.74, 6) is 0.215. The van der Waals surface area contributed by atoms with Crippen molar-refractivity contribution in [2.24, 2.45) is 0 Å². The fraction of sp³-hybridized carbons (Fsp3) is 0.214. The topological polar surface area (TPSA) is 156 Å². The minimum atomic E-state index is -4.56. The normalized spacial score (nSPS) is 16.8. The first-order valence-corrected chi connectivity index (χ1v) is 12.9. The molecule has 3 heterocycles. The number of nitrogens with two attached hydrogens (primary N) is 1. The van der Waals surface area contributed by atoms with Gasteiger partial charge in [0, 0.05) is 48.7 Å². The van der Waals surface area contributed by atoms with E-state index in [1.807, 2.05) is 4.40 Å². The van der Waals surface area contributed by atoms with E-state index < -0.39 is 28.5 Å². The number of hydrogen-bond acceptors (Lipinski definition) is 9. The second kappa shape index (κ2) is 9.98. The molecule has 1 amide bonds. The first kappa shape index (κ1) is 26.9. The molecule has 0 aliphatic heterocycles. The molecule has 5 aromatic rings. The number of benzene rings is 1. The molecule has 5 N–H and O–H groups in total. The van der Waals surface area contributed by atoms with E-state index in [0.717, 1.165) is 24.2 Å². The third-order valence-corrected chi connectivity index (χ3v) is 7.37. The van der Waals surface area contributed by atoms with Crippen LogP contribution >= 0.6 is 0 Å². The Morgan fingerprint density at radius 3 is 2.43 bits per heavy atom. The van der Waals surface area contributed by atoms with Crippen LogP contribution in [0.4, 0.5) is 36.2 Å². The highest BCUT2D eigenvalue weighted by Crippen LogP contribution is 2.41. The highest BCUT2D eigenvalue weighted by atomic mass is 19.4. The van der Waals surface area contributed by atoms with E-state index in [1.165, 1.54) is 12.1 Å². The number of nitrogens with one attached hydrogen (secondary N) is 3. The fourth-order valence-electron chi connectivity index (χ4n) is 5.14. The number of hydrogen-bond donors (Lipinski definition) is 4. The molecule has 3 aromatic heterocycles. The molecule has 14 heteroatoms. The highest BCUT2D eigenvalue weighted by molar-refractivity contribution is 6.04. The molecule has 0 spiro atoms. The van der Waals surface area contributed by atoms with Crippen molar-refractivity contribution >= 4 is 34.4 Å². The maximum Gasteiger partial charge on any atom is 0.416 e. The Labute approximate surface area is 235 Å². The maximum atomic E-state index is 13.0. The Morgan fingerprint density at radius 2 is 1.74 bits per heavy atom. The monoisotopic (exact) mass is 576 g/mol. The first-order chi connectivity index (χ1) is 20.0. The molecule has 1 aliphatic rings. The number of aromatic nitrogens is 4. The van der Waals surface area contributed by atoms with E-state index in [2.05, 4.69) is 25.9 Å². The number of pyridine rings is 1. The number of fused-ring (bicyclic) bond motifs is 1. The van der Waals surface area contributed by atoms with Crippen LogP contribution in [0.5, 0.6) is 0 Å². The van der Waals surface area contributed by atoms with Gasteiger partial charge in [-0.15, -0.1) is 0 Å². The zero-order chi connectivity index (χ0) is 29.8. The number of anilines is 4. The Kier molecular flexibility index (Phi) is 6.40. The zero-order valence-electron chi connectivity index (χ0n) is 22.0. The first-order valence-electron chi connectivity index (χ1n) is 12.9. The van der Waals surface area contributed by atoms with Crippen LogP contribution in [0.3, 0.4) is 0 Å². The maximum absolute atomic E-state index is 13.0. The number of nitrogens with zero attached hydrogens (tertiary/aromatic N) is 4. The molecule has 11 nitrogen and oxygen atoms in total. The van der Waals surface area contributed by atoms with Gasteiger partial charge in [-0.05, 0) is 37.1 Å². The van der Waals surface area contributed by atoms with Gasteiger partial charge in [-0.25, -0.2) is 15.0 Å². The number of amides is 1. The van der Waals surface area contributed by atoms with Crippen molar-refractivity contribution in [2.45, 2.75) is 31.0 Å². The number of carbonyl (C=O) groups excluding carboxylic acids is 1. The predicted octanol–water partition coefficient (Wildman–Crippen LogP) is 3.64. The van der Waals surface area contributed by atoms with Gasteiger partial charge < -0.3 is 21.7 Å². The summed E-state index contributed by atoms with van der Waals surface area (Å²) in [4.78, 5) is 49.2. The van der Waals surface area contributed by atoms with E-state index in [-0.39, 0.29) is 29.2 Å². The molecule has 6 rings (SSSR count). The van der Waals surface area contributed by atoms with Crippen LogP contribution in [-0.4, -0.2) is 38.3 Å². The standard InChI is InChI=1S/C28H23F3N8O3/c1-33-20-21(24(41)23(20)40)36-17-10-15(11-17)26-38-19(22-25(32)35-8-9-39(22)26)13-2-4-14(5-3-13)27(42)37-18-12-16(6-7-34-18)28(29,30)31/h2-9,12,15,17,33,36H,10-11H2,1H3,(H2,32,35)(H,34,37,42)/t15-,17-. The lowest BCUT2D eigenvalue weighted by molar-refractivity contribution is -0.137. The Hall–Kier alpha value is -5.27. The van der Waals surface area contributed by atoms with Crippen LogP contribution in [0.15, 0.2) is 64.6 Å². The average Bonchev–Trinajstić information content (AvgIpc) is 3.33. The van der Waals surface area contributed by atoms with Gasteiger partial charge in [-0.2, -0.15) is 13.2 Å². The minimum Gasteiger partial charge on any atom is -0.383 e. The Morgan fingerprint density at radius 1 is 1.02 bits per heavy atom. The minimum absolute atomic E-state index is 0.00973. The molecule has 0 saturated heterocycles. The lowest BCUT2D eigenvalue weighted by Crippen LogP contribution is -2.42. The third-order valence-electron chi connectivity index (χ3n) is 7.37. The second-order valence-corrected chi connectivity index (χ2v) is 9.98. The van der Waals surface area contributed by atoms with Crippen molar-refractivity contribution < 1.29 is 18.0 Å². The molecular weight excluding hydrogens is 553 g/mol. The largest absolute Gasteiger partial charge is 0.416 e. The van der Waals surface area contributed by atoms with Crippen LogP contribution in [0, 0.1) is 0 Å². The molecule has 42 heavy (non-hydrogen) atoms. The quantitative estimate of drug-likeness (QED) is 0.212. The summed E-state index contributed by atoms with van der Waals surface area (Å²) >= 11 is 0. The summed E-state index contributed by atoms with van der Waals surface area (Å²) in [5, 5.41) is 8.29. The molecule has 0 unspecified atom stereocenters. The van der Waals surface area contributed by atoms with Crippen molar-refractivity contribution in [1.29, 1.82) is 0 Å². The molecule has 1 aliphatic carbocycles. The number of halogens is 3. The number of rotatable bonds is 7. The molecule has 1 fully saturated rings. The lowest BCUT2D eigenvalue weighted by Gasteiger charge is -2.36. The molecule has 0 radical (unpaired) electrons. The van der Waals surface area contributed by atoms with Crippen LogP contribution in [-0.2, 0) is 6.18 Å². The molecule has 214 valence electrons. The Balaban J connectivity index is 1.21.